The van der Waals surface area contributed by atoms with Crippen LogP contribution < -0.4 is 10.6 Å². The fourth-order valence-corrected chi connectivity index (χ4v) is 1.71. The van der Waals surface area contributed by atoms with Gasteiger partial charge in [-0.25, -0.2) is 9.59 Å². The minimum absolute atomic E-state index is 0.205. The molecule has 0 saturated carbocycles. The number of amides is 2. The van der Waals surface area contributed by atoms with Gasteiger partial charge in [0.1, 0.15) is 6.04 Å². The minimum atomic E-state index is -1.06. The maximum Gasteiger partial charge on any atom is 0.326 e. The van der Waals surface area contributed by atoms with Crippen LogP contribution in [0, 0.1) is 12.8 Å². The summed E-state index contributed by atoms with van der Waals surface area (Å²) in [7, 11) is 0. The fraction of sp³-hybridized carbons (Fsp3) is 0.385. The van der Waals surface area contributed by atoms with E-state index in [1.807, 2.05) is 6.92 Å². The smallest absolute Gasteiger partial charge is 0.326 e. The average molecular weight is 285 g/mol. The predicted molar refractivity (Wildman–Crippen MR) is 74.6 cm³/mol. The van der Waals surface area contributed by atoms with Crippen molar-refractivity contribution >= 4 is 29.3 Å². The lowest BCUT2D eigenvalue weighted by Gasteiger charge is -2.18. The van der Waals surface area contributed by atoms with Gasteiger partial charge in [-0.05, 0) is 30.5 Å². The molecule has 0 spiro atoms. The first-order valence-electron chi connectivity index (χ1n) is 5.87. The van der Waals surface area contributed by atoms with Crippen molar-refractivity contribution in [1.82, 2.24) is 5.32 Å². The summed E-state index contributed by atoms with van der Waals surface area (Å²) in [5.74, 6) is -1.27. The number of hydrogen-bond donors (Lipinski definition) is 3. The van der Waals surface area contributed by atoms with Crippen molar-refractivity contribution in [3.05, 3.63) is 28.8 Å². The Kier molecular flexibility index (Phi) is 5.18. The highest BCUT2D eigenvalue weighted by Gasteiger charge is 2.23. The highest BCUT2D eigenvalue weighted by Crippen LogP contribution is 2.20. The van der Waals surface area contributed by atoms with Crippen molar-refractivity contribution in [1.29, 1.82) is 0 Å². The molecule has 5 nitrogen and oxygen atoms in total. The summed E-state index contributed by atoms with van der Waals surface area (Å²) in [5, 5.41) is 14.5. The van der Waals surface area contributed by atoms with Gasteiger partial charge in [-0.2, -0.15) is 0 Å². The van der Waals surface area contributed by atoms with E-state index in [1.54, 1.807) is 32.0 Å². The van der Waals surface area contributed by atoms with Crippen molar-refractivity contribution in [2.45, 2.75) is 26.8 Å². The van der Waals surface area contributed by atoms with Gasteiger partial charge in [-0.15, -0.1) is 0 Å². The standard InChI is InChI=1S/C13H17ClN2O3/c1-7(2)11(12(17)18)16-13(19)15-10-6-9(14)5-4-8(10)3/h4-7,11H,1-3H3,(H,17,18)(H2,15,16,19)/t11-/m1/s1. The topological polar surface area (TPSA) is 78.4 Å². The summed E-state index contributed by atoms with van der Waals surface area (Å²) in [5.41, 5.74) is 1.40. The van der Waals surface area contributed by atoms with Crippen LogP contribution in [-0.2, 0) is 4.79 Å². The molecule has 0 aromatic heterocycles. The maximum atomic E-state index is 11.8. The van der Waals surface area contributed by atoms with E-state index in [4.69, 9.17) is 16.7 Å². The van der Waals surface area contributed by atoms with Crippen LogP contribution in [0.25, 0.3) is 0 Å². The summed E-state index contributed by atoms with van der Waals surface area (Å²) in [6.07, 6.45) is 0. The number of anilines is 1. The van der Waals surface area contributed by atoms with Gasteiger partial charge in [0.15, 0.2) is 0 Å². The van der Waals surface area contributed by atoms with Crippen molar-refractivity contribution in [3.63, 3.8) is 0 Å². The van der Waals surface area contributed by atoms with Crippen molar-refractivity contribution in [2.24, 2.45) is 5.92 Å². The normalized spacial score (nSPS) is 12.1. The molecular formula is C13H17ClN2O3. The highest BCUT2D eigenvalue weighted by molar-refractivity contribution is 6.31. The van der Waals surface area contributed by atoms with E-state index in [-0.39, 0.29) is 5.92 Å². The average Bonchev–Trinajstić information content (AvgIpc) is 2.30. The Labute approximate surface area is 117 Å². The summed E-state index contributed by atoms with van der Waals surface area (Å²) in [6.45, 7) is 5.27. The molecule has 0 aliphatic rings. The third-order valence-corrected chi connectivity index (χ3v) is 2.90. The zero-order valence-electron chi connectivity index (χ0n) is 11.0. The number of aryl methyl sites for hydroxylation is 1. The zero-order chi connectivity index (χ0) is 14.6. The minimum Gasteiger partial charge on any atom is -0.480 e. The number of hydrogen-bond acceptors (Lipinski definition) is 2. The van der Waals surface area contributed by atoms with Crippen LogP contribution in [-0.4, -0.2) is 23.1 Å². The largest absolute Gasteiger partial charge is 0.480 e. The SMILES string of the molecule is Cc1ccc(Cl)cc1NC(=O)N[C@@H](C(=O)O)C(C)C. The van der Waals surface area contributed by atoms with Crippen LogP contribution in [0.15, 0.2) is 18.2 Å². The summed E-state index contributed by atoms with van der Waals surface area (Å²) in [6, 6.07) is 3.61. The second-order valence-electron chi connectivity index (χ2n) is 4.62. The van der Waals surface area contributed by atoms with Gasteiger partial charge in [0, 0.05) is 10.7 Å². The van der Waals surface area contributed by atoms with Crippen LogP contribution in [0.3, 0.4) is 0 Å². The molecule has 0 fully saturated rings. The van der Waals surface area contributed by atoms with Crippen LogP contribution >= 0.6 is 11.6 Å². The van der Waals surface area contributed by atoms with Crippen LogP contribution in [0.1, 0.15) is 19.4 Å². The van der Waals surface area contributed by atoms with Crippen LogP contribution in [0.5, 0.6) is 0 Å². The van der Waals surface area contributed by atoms with Gasteiger partial charge in [0.25, 0.3) is 0 Å². The molecular weight excluding hydrogens is 268 g/mol. The molecule has 1 rings (SSSR count). The van der Waals surface area contributed by atoms with Gasteiger partial charge in [-0.1, -0.05) is 31.5 Å². The fourth-order valence-electron chi connectivity index (χ4n) is 1.54. The Morgan fingerprint density at radius 1 is 1.32 bits per heavy atom. The molecule has 0 saturated heterocycles. The summed E-state index contributed by atoms with van der Waals surface area (Å²) < 4.78 is 0. The van der Waals surface area contributed by atoms with Gasteiger partial charge >= 0.3 is 12.0 Å². The molecule has 0 unspecified atom stereocenters. The maximum absolute atomic E-state index is 11.8. The molecule has 0 aliphatic heterocycles. The quantitative estimate of drug-likeness (QED) is 0.795. The van der Waals surface area contributed by atoms with Crippen LogP contribution in [0.2, 0.25) is 5.02 Å². The molecule has 104 valence electrons. The summed E-state index contributed by atoms with van der Waals surface area (Å²) in [4.78, 5) is 22.8. The molecule has 6 heteroatoms. The Hall–Kier alpha value is -1.75. The lowest BCUT2D eigenvalue weighted by molar-refractivity contribution is -0.140. The monoisotopic (exact) mass is 284 g/mol. The van der Waals surface area contributed by atoms with Crippen LogP contribution in [0.4, 0.5) is 10.5 Å². The molecule has 1 aromatic carbocycles. The summed E-state index contributed by atoms with van der Waals surface area (Å²) >= 11 is 5.84. The van der Waals surface area contributed by atoms with E-state index in [9.17, 15) is 9.59 Å². The Morgan fingerprint density at radius 3 is 2.47 bits per heavy atom. The Bertz CT molecular complexity index is 489. The third-order valence-electron chi connectivity index (χ3n) is 2.67. The van der Waals surface area contributed by atoms with E-state index in [1.165, 1.54) is 0 Å². The van der Waals surface area contributed by atoms with Gasteiger partial charge < -0.3 is 15.7 Å². The van der Waals surface area contributed by atoms with E-state index in [2.05, 4.69) is 10.6 Å². The number of halogens is 1. The number of nitrogens with one attached hydrogen (secondary N) is 2. The number of carbonyl (C=O) groups is 2. The lowest BCUT2D eigenvalue weighted by atomic mass is 10.1. The first-order valence-corrected chi connectivity index (χ1v) is 6.25. The second kappa shape index (κ2) is 6.43. The lowest BCUT2D eigenvalue weighted by Crippen LogP contribution is -2.46. The van der Waals surface area contributed by atoms with Gasteiger partial charge in [-0.3, -0.25) is 0 Å². The molecule has 0 heterocycles. The van der Waals surface area contributed by atoms with Gasteiger partial charge in [0.05, 0.1) is 0 Å². The van der Waals surface area contributed by atoms with E-state index in [0.717, 1.165) is 5.56 Å². The van der Waals surface area contributed by atoms with Gasteiger partial charge in [0.2, 0.25) is 0 Å². The van der Waals surface area contributed by atoms with Crippen molar-refractivity contribution < 1.29 is 14.7 Å². The Balaban J connectivity index is 2.74. The predicted octanol–water partition coefficient (Wildman–Crippen LogP) is 2.88. The van der Waals surface area contributed by atoms with E-state index in [0.29, 0.717) is 10.7 Å². The van der Waals surface area contributed by atoms with E-state index < -0.39 is 18.0 Å². The first kappa shape index (κ1) is 15.3. The molecule has 0 aliphatic carbocycles. The molecule has 2 amide bonds. The number of aliphatic carboxylic acids is 1. The molecule has 19 heavy (non-hydrogen) atoms. The zero-order valence-corrected chi connectivity index (χ0v) is 11.8. The highest BCUT2D eigenvalue weighted by atomic mass is 35.5. The van der Waals surface area contributed by atoms with Crippen molar-refractivity contribution in [3.8, 4) is 0 Å². The number of carboxylic acid groups (broad SMARTS) is 1. The Morgan fingerprint density at radius 2 is 1.95 bits per heavy atom. The molecule has 0 radical (unpaired) electrons. The molecule has 1 atom stereocenters. The van der Waals surface area contributed by atoms with E-state index >= 15 is 0 Å². The number of carboxylic acids is 1. The van der Waals surface area contributed by atoms with Crippen molar-refractivity contribution in [2.75, 3.05) is 5.32 Å². The number of rotatable bonds is 4. The number of carbonyl (C=O) groups excluding carboxylic acids is 1. The number of benzene rings is 1. The second-order valence-corrected chi connectivity index (χ2v) is 5.05. The molecule has 1 aromatic rings. The molecule has 3 N–H and O–H groups in total. The molecule has 0 bridgehead atoms. The number of urea groups is 1. The first-order chi connectivity index (χ1) is 8.81. The third kappa shape index (κ3) is 4.44.